The lowest BCUT2D eigenvalue weighted by molar-refractivity contribution is 0.477. The normalized spacial score (nSPS) is 11.9. The van der Waals surface area contributed by atoms with Crippen LogP contribution < -0.4 is 0 Å². The third kappa shape index (κ3) is 8.41. The van der Waals surface area contributed by atoms with Gasteiger partial charge in [0, 0.05) is 32.0 Å². The first-order valence-electron chi connectivity index (χ1n) is 17.7. The molecule has 0 aliphatic rings. The van der Waals surface area contributed by atoms with Gasteiger partial charge in [-0.05, 0) is 98.5 Å². The van der Waals surface area contributed by atoms with E-state index < -0.39 is 0 Å². The fraction of sp³-hybridized carbons (Fsp3) is 0.234. The minimum Gasteiger partial charge on any atom is -0.507 e. The second kappa shape index (κ2) is 15.5. The molecule has 0 amide bonds. The minimum absolute atomic E-state index is 0.0739. The Morgan fingerprint density at radius 3 is 1.12 bits per heavy atom. The molecule has 0 saturated carbocycles. The minimum atomic E-state index is -0.0739. The molecule has 0 radical (unpaired) electrons. The van der Waals surface area contributed by atoms with Gasteiger partial charge in [0.05, 0.1) is 0 Å². The lowest BCUT2D eigenvalue weighted by Gasteiger charge is -2.23. The second-order valence-corrected chi connectivity index (χ2v) is 17.4. The summed E-state index contributed by atoms with van der Waals surface area (Å²) >= 11 is 3.69. The summed E-state index contributed by atoms with van der Waals surface area (Å²) in [4.78, 5) is 2.33. The van der Waals surface area contributed by atoms with Crippen molar-refractivity contribution in [3.63, 3.8) is 0 Å². The van der Waals surface area contributed by atoms with Crippen LogP contribution in [-0.4, -0.2) is 21.7 Å². The van der Waals surface area contributed by atoms with Gasteiger partial charge in [-0.15, -0.1) is 23.5 Å². The summed E-state index contributed by atoms with van der Waals surface area (Å²) in [7, 11) is 0. The van der Waals surface area contributed by atoms with E-state index in [2.05, 4.69) is 139 Å². The molecule has 4 heteroatoms. The highest BCUT2D eigenvalue weighted by Gasteiger charge is 2.23. The maximum Gasteiger partial charge on any atom is 0.131 e. The van der Waals surface area contributed by atoms with Crippen molar-refractivity contribution in [1.82, 2.24) is 0 Å². The van der Waals surface area contributed by atoms with Crippen LogP contribution in [0.15, 0.2) is 143 Å². The van der Waals surface area contributed by atoms with Gasteiger partial charge in [0.15, 0.2) is 0 Å². The van der Waals surface area contributed by atoms with E-state index in [1.54, 1.807) is 0 Å². The van der Waals surface area contributed by atoms with Crippen molar-refractivity contribution in [3.8, 4) is 56.0 Å². The molecule has 0 saturated heterocycles. The van der Waals surface area contributed by atoms with E-state index in [0.29, 0.717) is 11.5 Å². The Morgan fingerprint density at radius 2 is 0.745 bits per heavy atom. The molecule has 51 heavy (non-hydrogen) atoms. The van der Waals surface area contributed by atoms with Crippen LogP contribution in [0.2, 0.25) is 0 Å². The predicted molar refractivity (Wildman–Crippen MR) is 221 cm³/mol. The Morgan fingerprint density at radius 1 is 0.412 bits per heavy atom. The van der Waals surface area contributed by atoms with Crippen LogP contribution in [0.5, 0.6) is 11.5 Å². The topological polar surface area (TPSA) is 40.5 Å². The molecule has 0 unspecified atom stereocenters. The summed E-state index contributed by atoms with van der Waals surface area (Å²) in [5.74, 6) is 2.54. The van der Waals surface area contributed by atoms with Crippen molar-refractivity contribution in [2.24, 2.45) is 0 Å². The number of hydrogen-bond acceptors (Lipinski definition) is 4. The van der Waals surface area contributed by atoms with Crippen molar-refractivity contribution >= 4 is 23.5 Å². The lowest BCUT2D eigenvalue weighted by Crippen LogP contribution is -2.11. The number of rotatable bonds is 10. The van der Waals surface area contributed by atoms with Crippen LogP contribution in [0.25, 0.3) is 44.5 Å². The van der Waals surface area contributed by atoms with Gasteiger partial charge in [-0.2, -0.15) is 0 Å². The van der Waals surface area contributed by atoms with Gasteiger partial charge < -0.3 is 10.2 Å². The Hall–Kier alpha value is -4.38. The van der Waals surface area contributed by atoms with Crippen LogP contribution in [0, 0.1) is 0 Å². The van der Waals surface area contributed by atoms with E-state index in [1.165, 1.54) is 20.9 Å². The molecule has 6 aromatic rings. The van der Waals surface area contributed by atoms with Gasteiger partial charge in [-0.1, -0.05) is 139 Å². The van der Waals surface area contributed by atoms with E-state index in [4.69, 9.17) is 0 Å². The number of aromatic hydroxyl groups is 2. The first kappa shape index (κ1) is 36.4. The molecule has 0 aromatic heterocycles. The van der Waals surface area contributed by atoms with Gasteiger partial charge in [0.2, 0.25) is 0 Å². The third-order valence-corrected chi connectivity index (χ3v) is 11.6. The van der Waals surface area contributed by atoms with E-state index in [9.17, 15) is 10.2 Å². The summed E-state index contributed by atoms with van der Waals surface area (Å²) in [6.45, 7) is 13.3. The number of thioether (sulfide) groups is 2. The number of benzene rings is 6. The van der Waals surface area contributed by atoms with E-state index in [0.717, 1.165) is 62.4 Å². The fourth-order valence-electron chi connectivity index (χ4n) is 6.27. The molecule has 6 aromatic carbocycles. The van der Waals surface area contributed by atoms with E-state index in [1.807, 2.05) is 59.9 Å². The van der Waals surface area contributed by atoms with Gasteiger partial charge in [0.25, 0.3) is 0 Å². The number of hydrogen-bond donors (Lipinski definition) is 2. The zero-order valence-corrected chi connectivity index (χ0v) is 32.2. The Balaban J connectivity index is 1.22. The zero-order chi connectivity index (χ0) is 36.2. The maximum absolute atomic E-state index is 11.7. The summed E-state index contributed by atoms with van der Waals surface area (Å²) in [6, 6.07) is 45.8. The van der Waals surface area contributed by atoms with Gasteiger partial charge in [-0.3, -0.25) is 0 Å². The first-order valence-corrected chi connectivity index (χ1v) is 19.7. The summed E-state index contributed by atoms with van der Waals surface area (Å²) in [6.07, 6.45) is 1.00. The van der Waals surface area contributed by atoms with E-state index >= 15 is 0 Å². The molecule has 2 nitrogen and oxygen atoms in total. The maximum atomic E-state index is 11.7. The standard InChI is InChI=1S/C47H48O2S2/c1-46(2,3)34-28-38(32-18-9-7-10-19-32)44(48)40(30-34)36-22-13-15-24-42(36)50-26-17-27-51-43-25-16-14-23-37(43)41-31-35(47(4,5)6)29-39(45(41)49)33-20-11-8-12-21-33/h7-16,18-25,28-31,48-49H,17,26-27H2,1-6H3. The van der Waals surface area contributed by atoms with Crippen LogP contribution >= 0.6 is 23.5 Å². The zero-order valence-electron chi connectivity index (χ0n) is 30.5. The Kier molecular flexibility index (Phi) is 11.0. The van der Waals surface area contributed by atoms with Gasteiger partial charge in [-0.25, -0.2) is 0 Å². The first-order chi connectivity index (χ1) is 24.4. The fourth-order valence-corrected chi connectivity index (χ4v) is 8.49. The molecule has 0 aliphatic heterocycles. The van der Waals surface area contributed by atoms with Crippen molar-refractivity contribution in [3.05, 3.63) is 145 Å². The SMILES string of the molecule is CC(C)(C)c1cc(-c2ccccc2)c(O)c(-c2ccccc2SCCCSc2ccccc2-c2cc(C(C)(C)C)cc(-c3ccccc3)c2O)c1. The molecule has 260 valence electrons. The summed E-state index contributed by atoms with van der Waals surface area (Å²) < 4.78 is 0. The molecular weight excluding hydrogens is 661 g/mol. The van der Waals surface area contributed by atoms with Crippen molar-refractivity contribution in [2.75, 3.05) is 11.5 Å². The molecular formula is C47H48O2S2. The van der Waals surface area contributed by atoms with Crippen LogP contribution in [0.4, 0.5) is 0 Å². The molecule has 0 heterocycles. The highest BCUT2D eigenvalue weighted by atomic mass is 32.2. The van der Waals surface area contributed by atoms with Gasteiger partial charge >= 0.3 is 0 Å². The van der Waals surface area contributed by atoms with E-state index in [-0.39, 0.29) is 10.8 Å². The van der Waals surface area contributed by atoms with Crippen molar-refractivity contribution in [2.45, 2.75) is 68.6 Å². The average molecular weight is 709 g/mol. The highest BCUT2D eigenvalue weighted by Crippen LogP contribution is 2.46. The van der Waals surface area contributed by atoms with Crippen LogP contribution in [0.1, 0.15) is 59.1 Å². The third-order valence-electron chi connectivity index (χ3n) is 9.28. The second-order valence-electron chi connectivity index (χ2n) is 15.1. The smallest absolute Gasteiger partial charge is 0.131 e. The molecule has 0 bridgehead atoms. The molecule has 0 atom stereocenters. The number of phenols is 2. The highest BCUT2D eigenvalue weighted by molar-refractivity contribution is 8.00. The molecule has 6 rings (SSSR count). The monoisotopic (exact) mass is 708 g/mol. The van der Waals surface area contributed by atoms with Crippen LogP contribution in [-0.2, 0) is 10.8 Å². The summed E-state index contributed by atoms with van der Waals surface area (Å²) in [5.41, 5.74) is 9.86. The quantitative estimate of drug-likeness (QED) is 0.110. The summed E-state index contributed by atoms with van der Waals surface area (Å²) in [5, 5.41) is 23.4. The molecule has 0 aliphatic carbocycles. The average Bonchev–Trinajstić information content (AvgIpc) is 3.12. The Bertz CT molecular complexity index is 1950. The number of phenolic OH excluding ortho intramolecular Hbond substituents is 2. The molecule has 2 N–H and O–H groups in total. The lowest BCUT2D eigenvalue weighted by atomic mass is 9.82. The predicted octanol–water partition coefficient (Wildman–Crippen LogP) is 13.6. The van der Waals surface area contributed by atoms with Crippen LogP contribution in [0.3, 0.4) is 0 Å². The van der Waals surface area contributed by atoms with Crippen molar-refractivity contribution in [1.29, 1.82) is 0 Å². The largest absolute Gasteiger partial charge is 0.507 e. The Labute approximate surface area is 313 Å². The molecule has 0 fully saturated rings. The van der Waals surface area contributed by atoms with Crippen molar-refractivity contribution < 1.29 is 10.2 Å². The van der Waals surface area contributed by atoms with Gasteiger partial charge in [0.1, 0.15) is 11.5 Å². The molecule has 0 spiro atoms.